The number of ether oxygens (including phenoxy) is 2. The molecular weight excluding hydrogens is 268 g/mol. The van der Waals surface area contributed by atoms with Crippen molar-refractivity contribution in [3.05, 3.63) is 0 Å². The predicted molar refractivity (Wildman–Crippen MR) is 85.7 cm³/mol. The molecule has 0 aromatic heterocycles. The van der Waals surface area contributed by atoms with E-state index in [0.717, 1.165) is 12.8 Å². The van der Waals surface area contributed by atoms with Crippen molar-refractivity contribution in [2.75, 3.05) is 20.3 Å². The van der Waals surface area contributed by atoms with Gasteiger partial charge in [-0.3, -0.25) is 0 Å². The summed E-state index contributed by atoms with van der Waals surface area (Å²) in [5.74, 6) is -0.917. The van der Waals surface area contributed by atoms with Gasteiger partial charge in [-0.05, 0) is 6.42 Å². The van der Waals surface area contributed by atoms with E-state index in [-0.39, 0.29) is 12.7 Å². The number of methoxy groups -OCH3 is 1. The molecule has 21 heavy (non-hydrogen) atoms. The summed E-state index contributed by atoms with van der Waals surface area (Å²) in [7, 11) is 1.62. The largest absolute Gasteiger partial charge is 0.480 e. The standard InChI is InChI=1S/C17H34O4/c1-3-4-5-6-7-8-9-10-11-12-13-16(14-20-2)21-15-17(18)19/h16H,3-15H2,1-2H3,(H,18,19). The Bertz CT molecular complexity index is 231. The lowest BCUT2D eigenvalue weighted by Crippen LogP contribution is -2.22. The van der Waals surface area contributed by atoms with Gasteiger partial charge in [0.15, 0.2) is 0 Å². The summed E-state index contributed by atoms with van der Waals surface area (Å²) in [6, 6.07) is 0. The van der Waals surface area contributed by atoms with E-state index in [1.165, 1.54) is 57.8 Å². The highest BCUT2D eigenvalue weighted by Crippen LogP contribution is 2.13. The molecule has 0 fully saturated rings. The summed E-state index contributed by atoms with van der Waals surface area (Å²) in [5.41, 5.74) is 0. The van der Waals surface area contributed by atoms with Crippen LogP contribution in [0.1, 0.15) is 77.6 Å². The number of carbonyl (C=O) groups is 1. The van der Waals surface area contributed by atoms with E-state index in [2.05, 4.69) is 6.92 Å². The summed E-state index contributed by atoms with van der Waals surface area (Å²) in [5, 5.41) is 8.61. The molecule has 0 bridgehead atoms. The van der Waals surface area contributed by atoms with E-state index in [4.69, 9.17) is 14.6 Å². The topological polar surface area (TPSA) is 55.8 Å². The van der Waals surface area contributed by atoms with Crippen molar-refractivity contribution in [3.63, 3.8) is 0 Å². The Labute approximate surface area is 130 Å². The summed E-state index contributed by atoms with van der Waals surface area (Å²) < 4.78 is 10.4. The summed E-state index contributed by atoms with van der Waals surface area (Å²) in [4.78, 5) is 10.5. The van der Waals surface area contributed by atoms with Gasteiger partial charge in [-0.2, -0.15) is 0 Å². The summed E-state index contributed by atoms with van der Waals surface area (Å²) >= 11 is 0. The molecule has 0 aliphatic heterocycles. The van der Waals surface area contributed by atoms with E-state index < -0.39 is 5.97 Å². The normalized spacial score (nSPS) is 12.5. The Morgan fingerprint density at radius 3 is 1.95 bits per heavy atom. The lowest BCUT2D eigenvalue weighted by molar-refractivity contribution is -0.145. The third-order valence-corrected chi connectivity index (χ3v) is 3.67. The smallest absolute Gasteiger partial charge is 0.329 e. The number of hydrogen-bond acceptors (Lipinski definition) is 3. The van der Waals surface area contributed by atoms with E-state index >= 15 is 0 Å². The molecule has 1 atom stereocenters. The highest BCUT2D eigenvalue weighted by molar-refractivity contribution is 5.68. The maximum absolute atomic E-state index is 10.5. The minimum absolute atomic E-state index is 0.0832. The van der Waals surface area contributed by atoms with Crippen LogP contribution in [0.25, 0.3) is 0 Å². The Morgan fingerprint density at radius 1 is 0.952 bits per heavy atom. The van der Waals surface area contributed by atoms with Crippen LogP contribution in [-0.2, 0) is 14.3 Å². The molecule has 1 N–H and O–H groups in total. The number of hydrogen-bond donors (Lipinski definition) is 1. The first-order valence-electron chi connectivity index (χ1n) is 8.53. The second-order valence-electron chi connectivity index (χ2n) is 5.75. The zero-order valence-electron chi connectivity index (χ0n) is 13.9. The van der Waals surface area contributed by atoms with Gasteiger partial charge in [0.25, 0.3) is 0 Å². The maximum atomic E-state index is 10.5. The first-order valence-corrected chi connectivity index (χ1v) is 8.53. The van der Waals surface area contributed by atoms with Crippen LogP contribution < -0.4 is 0 Å². The van der Waals surface area contributed by atoms with Crippen LogP contribution in [0.5, 0.6) is 0 Å². The molecule has 0 saturated carbocycles. The fraction of sp³-hybridized carbons (Fsp3) is 0.941. The van der Waals surface area contributed by atoms with Crippen LogP contribution >= 0.6 is 0 Å². The fourth-order valence-electron chi connectivity index (χ4n) is 2.45. The second kappa shape index (κ2) is 15.8. The number of aliphatic carboxylic acids is 1. The molecule has 0 aliphatic carbocycles. The van der Waals surface area contributed by atoms with Crippen molar-refractivity contribution in [1.29, 1.82) is 0 Å². The maximum Gasteiger partial charge on any atom is 0.329 e. The number of carboxylic acids is 1. The molecule has 0 amide bonds. The van der Waals surface area contributed by atoms with E-state index in [9.17, 15) is 4.79 Å². The Morgan fingerprint density at radius 2 is 1.48 bits per heavy atom. The zero-order valence-corrected chi connectivity index (χ0v) is 13.9. The molecular formula is C17H34O4. The van der Waals surface area contributed by atoms with Crippen molar-refractivity contribution in [2.45, 2.75) is 83.7 Å². The lowest BCUT2D eigenvalue weighted by atomic mass is 10.0. The van der Waals surface area contributed by atoms with Crippen LogP contribution in [0.15, 0.2) is 0 Å². The van der Waals surface area contributed by atoms with Gasteiger partial charge >= 0.3 is 5.97 Å². The van der Waals surface area contributed by atoms with Crippen LogP contribution in [0.4, 0.5) is 0 Å². The molecule has 1 unspecified atom stereocenters. The molecule has 0 spiro atoms. The molecule has 4 nitrogen and oxygen atoms in total. The second-order valence-corrected chi connectivity index (χ2v) is 5.75. The zero-order chi connectivity index (χ0) is 15.8. The SMILES string of the molecule is CCCCCCCCCCCCC(COC)OCC(=O)O. The van der Waals surface area contributed by atoms with Crippen molar-refractivity contribution < 1.29 is 19.4 Å². The van der Waals surface area contributed by atoms with E-state index in [1.54, 1.807) is 7.11 Å². The molecule has 0 radical (unpaired) electrons. The van der Waals surface area contributed by atoms with Gasteiger partial charge in [0.1, 0.15) is 6.61 Å². The van der Waals surface area contributed by atoms with Gasteiger partial charge in [0.2, 0.25) is 0 Å². The number of rotatable bonds is 16. The average molecular weight is 302 g/mol. The molecule has 126 valence electrons. The minimum Gasteiger partial charge on any atom is -0.480 e. The summed E-state index contributed by atoms with van der Waals surface area (Å²) in [6.45, 7) is 2.49. The number of carboxylic acid groups (broad SMARTS) is 1. The first-order chi connectivity index (χ1) is 10.2. The fourth-order valence-corrected chi connectivity index (χ4v) is 2.45. The third-order valence-electron chi connectivity index (χ3n) is 3.67. The molecule has 0 aromatic rings. The van der Waals surface area contributed by atoms with Crippen molar-refractivity contribution in [2.24, 2.45) is 0 Å². The van der Waals surface area contributed by atoms with Gasteiger partial charge in [-0.1, -0.05) is 71.1 Å². The molecule has 4 heteroatoms. The quantitative estimate of drug-likeness (QED) is 0.429. The first kappa shape index (κ1) is 20.4. The Hall–Kier alpha value is -0.610. The molecule has 0 saturated heterocycles. The monoisotopic (exact) mass is 302 g/mol. The Kier molecular flexibility index (Phi) is 15.3. The predicted octanol–water partition coefficient (Wildman–Crippen LogP) is 4.41. The molecule has 0 rings (SSSR count). The summed E-state index contributed by atoms with van der Waals surface area (Å²) in [6.07, 6.45) is 13.8. The van der Waals surface area contributed by atoms with Gasteiger partial charge in [0, 0.05) is 7.11 Å². The lowest BCUT2D eigenvalue weighted by Gasteiger charge is -2.15. The van der Waals surface area contributed by atoms with Gasteiger partial charge in [0.05, 0.1) is 12.7 Å². The van der Waals surface area contributed by atoms with Crippen molar-refractivity contribution in [3.8, 4) is 0 Å². The third kappa shape index (κ3) is 15.6. The van der Waals surface area contributed by atoms with E-state index in [1.807, 2.05) is 0 Å². The highest BCUT2D eigenvalue weighted by Gasteiger charge is 2.10. The van der Waals surface area contributed by atoms with Gasteiger partial charge in [-0.25, -0.2) is 4.79 Å². The number of unbranched alkanes of at least 4 members (excludes halogenated alkanes) is 9. The highest BCUT2D eigenvalue weighted by atomic mass is 16.5. The van der Waals surface area contributed by atoms with Gasteiger partial charge in [-0.15, -0.1) is 0 Å². The van der Waals surface area contributed by atoms with Crippen molar-refractivity contribution in [1.82, 2.24) is 0 Å². The Balaban J connectivity index is 3.38. The minimum atomic E-state index is -0.917. The van der Waals surface area contributed by atoms with Gasteiger partial charge < -0.3 is 14.6 Å². The van der Waals surface area contributed by atoms with E-state index in [0.29, 0.717) is 6.61 Å². The van der Waals surface area contributed by atoms with Crippen molar-refractivity contribution >= 4 is 5.97 Å². The molecule has 0 aromatic carbocycles. The van der Waals surface area contributed by atoms with Crippen LogP contribution in [0.2, 0.25) is 0 Å². The molecule has 0 aliphatic rings. The van der Waals surface area contributed by atoms with Crippen LogP contribution in [-0.4, -0.2) is 37.5 Å². The van der Waals surface area contributed by atoms with Crippen LogP contribution in [0, 0.1) is 0 Å². The molecule has 0 heterocycles. The average Bonchev–Trinajstić information content (AvgIpc) is 2.46. The van der Waals surface area contributed by atoms with Crippen LogP contribution in [0.3, 0.4) is 0 Å².